The van der Waals surface area contributed by atoms with Crippen molar-refractivity contribution >= 4 is 22.5 Å². The van der Waals surface area contributed by atoms with Gasteiger partial charge in [0.25, 0.3) is 0 Å². The molecule has 0 aliphatic heterocycles. The lowest BCUT2D eigenvalue weighted by Gasteiger charge is -2.24. The molecule has 1 atom stereocenters. The Hall–Kier alpha value is -2.43. The molecular formula is C16H18N4O. The van der Waals surface area contributed by atoms with Crippen LogP contribution in [0.5, 0.6) is 0 Å². The van der Waals surface area contributed by atoms with Crippen molar-refractivity contribution < 1.29 is 4.79 Å². The van der Waals surface area contributed by atoms with E-state index in [2.05, 4.69) is 27.6 Å². The van der Waals surface area contributed by atoms with E-state index in [0.717, 1.165) is 42.5 Å². The predicted molar refractivity (Wildman–Crippen MR) is 83.1 cm³/mol. The summed E-state index contributed by atoms with van der Waals surface area (Å²) in [6, 6.07) is 9.61. The van der Waals surface area contributed by atoms with Gasteiger partial charge in [-0.25, -0.2) is 10.2 Å². The van der Waals surface area contributed by atoms with Crippen molar-refractivity contribution in [3.05, 3.63) is 42.2 Å². The van der Waals surface area contributed by atoms with Crippen molar-refractivity contribution in [2.24, 2.45) is 10.8 Å². The third-order valence-corrected chi connectivity index (χ3v) is 3.92. The molecule has 0 bridgehead atoms. The van der Waals surface area contributed by atoms with Gasteiger partial charge in [0, 0.05) is 23.2 Å². The highest BCUT2D eigenvalue weighted by Crippen LogP contribution is 2.33. The number of primary amides is 1. The van der Waals surface area contributed by atoms with Crippen LogP contribution >= 0.6 is 0 Å². The van der Waals surface area contributed by atoms with E-state index in [9.17, 15) is 4.79 Å². The molecule has 3 N–H and O–H groups in total. The second kappa shape index (κ2) is 5.91. The molecule has 3 rings (SSSR count). The third-order valence-electron chi connectivity index (χ3n) is 3.92. The van der Waals surface area contributed by atoms with Crippen molar-refractivity contribution in [2.75, 3.05) is 0 Å². The zero-order chi connectivity index (χ0) is 14.7. The number of rotatable bonds is 2. The van der Waals surface area contributed by atoms with Gasteiger partial charge in [0.05, 0.1) is 5.69 Å². The quantitative estimate of drug-likeness (QED) is 0.830. The summed E-state index contributed by atoms with van der Waals surface area (Å²) in [6.07, 6.45) is 5.94. The fourth-order valence-corrected chi connectivity index (χ4v) is 2.97. The zero-order valence-corrected chi connectivity index (χ0v) is 11.7. The van der Waals surface area contributed by atoms with E-state index in [1.807, 2.05) is 24.4 Å². The van der Waals surface area contributed by atoms with E-state index >= 15 is 0 Å². The molecule has 0 unspecified atom stereocenters. The first kappa shape index (κ1) is 13.5. The van der Waals surface area contributed by atoms with Crippen molar-refractivity contribution in [3.63, 3.8) is 0 Å². The van der Waals surface area contributed by atoms with Crippen LogP contribution in [0.4, 0.5) is 4.79 Å². The summed E-state index contributed by atoms with van der Waals surface area (Å²) in [5, 5.41) is 6.53. The van der Waals surface area contributed by atoms with Gasteiger partial charge in [-0.15, -0.1) is 0 Å². The van der Waals surface area contributed by atoms with Gasteiger partial charge in [-0.1, -0.05) is 30.7 Å². The Labute approximate surface area is 123 Å². The van der Waals surface area contributed by atoms with Crippen LogP contribution in [-0.2, 0) is 0 Å². The average molecular weight is 282 g/mol. The van der Waals surface area contributed by atoms with Crippen molar-refractivity contribution in [1.82, 2.24) is 10.4 Å². The monoisotopic (exact) mass is 282 g/mol. The summed E-state index contributed by atoms with van der Waals surface area (Å²) in [5.74, 6) is 0.150. The molecule has 1 heterocycles. The number of hydrogen-bond acceptors (Lipinski definition) is 3. The van der Waals surface area contributed by atoms with E-state index in [-0.39, 0.29) is 5.92 Å². The average Bonchev–Trinajstić information content (AvgIpc) is 2.53. The van der Waals surface area contributed by atoms with Crippen molar-refractivity contribution in [2.45, 2.75) is 31.6 Å². The number of amides is 2. The first-order valence-electron chi connectivity index (χ1n) is 7.21. The summed E-state index contributed by atoms with van der Waals surface area (Å²) >= 11 is 0. The molecule has 5 heteroatoms. The van der Waals surface area contributed by atoms with Gasteiger partial charge >= 0.3 is 6.03 Å². The largest absolute Gasteiger partial charge is 0.350 e. The molecule has 2 aromatic rings. The minimum Gasteiger partial charge on any atom is -0.350 e. The van der Waals surface area contributed by atoms with Gasteiger partial charge in [-0.2, -0.15) is 5.10 Å². The standard InChI is InChI=1S/C16H18N4O/c17-16(21)20-19-14-8-4-3-7-13(14)15-12-6-2-1-5-11(12)9-10-18-15/h1-2,5-6,9-10,13H,3-4,7-8H2,(H3,17,20,21)/b19-14-/t13-/m1/s1. The number of benzene rings is 1. The van der Waals surface area contributed by atoms with E-state index < -0.39 is 6.03 Å². The van der Waals surface area contributed by atoms with Crippen LogP contribution in [-0.4, -0.2) is 16.7 Å². The molecule has 1 aromatic heterocycles. The number of carbonyl (C=O) groups excluding carboxylic acids is 1. The number of nitrogens with two attached hydrogens (primary N) is 1. The molecule has 1 aromatic carbocycles. The van der Waals surface area contributed by atoms with Crippen LogP contribution in [0, 0.1) is 0 Å². The van der Waals surface area contributed by atoms with Crippen LogP contribution in [0.3, 0.4) is 0 Å². The summed E-state index contributed by atoms with van der Waals surface area (Å²) in [5.41, 5.74) is 9.48. The first-order chi connectivity index (χ1) is 10.3. The fraction of sp³-hybridized carbons (Fsp3) is 0.312. The maximum atomic E-state index is 10.9. The van der Waals surface area contributed by atoms with Crippen LogP contribution in [0.1, 0.15) is 37.3 Å². The van der Waals surface area contributed by atoms with E-state index in [0.29, 0.717) is 0 Å². The lowest BCUT2D eigenvalue weighted by molar-refractivity contribution is 0.249. The number of hydrazone groups is 1. The van der Waals surface area contributed by atoms with Crippen molar-refractivity contribution in [1.29, 1.82) is 0 Å². The number of hydrogen-bond donors (Lipinski definition) is 2. The molecule has 5 nitrogen and oxygen atoms in total. The minimum absolute atomic E-state index is 0.150. The molecule has 1 saturated carbocycles. The number of fused-ring (bicyclic) bond motifs is 1. The van der Waals surface area contributed by atoms with Gasteiger partial charge in [-0.05, 0) is 30.7 Å². The van der Waals surface area contributed by atoms with Gasteiger partial charge in [-0.3, -0.25) is 4.98 Å². The Kier molecular flexibility index (Phi) is 3.81. The lowest BCUT2D eigenvalue weighted by Crippen LogP contribution is -2.28. The van der Waals surface area contributed by atoms with Gasteiger partial charge in [0.2, 0.25) is 0 Å². The molecule has 108 valence electrons. The number of nitrogens with one attached hydrogen (secondary N) is 1. The van der Waals surface area contributed by atoms with E-state index in [1.54, 1.807) is 0 Å². The molecule has 1 aliphatic carbocycles. The second-order valence-corrected chi connectivity index (χ2v) is 5.29. The number of nitrogens with zero attached hydrogens (tertiary/aromatic N) is 2. The summed E-state index contributed by atoms with van der Waals surface area (Å²) < 4.78 is 0. The highest BCUT2D eigenvalue weighted by molar-refractivity contribution is 5.96. The Bertz CT molecular complexity index is 690. The van der Waals surface area contributed by atoms with Gasteiger partial charge in [0.1, 0.15) is 0 Å². The molecule has 0 saturated heterocycles. The van der Waals surface area contributed by atoms with E-state index in [1.165, 1.54) is 5.39 Å². The van der Waals surface area contributed by atoms with Crippen molar-refractivity contribution in [3.8, 4) is 0 Å². The Morgan fingerprint density at radius 1 is 1.29 bits per heavy atom. The third kappa shape index (κ3) is 2.86. The molecule has 0 spiro atoms. The van der Waals surface area contributed by atoms with Gasteiger partial charge in [0.15, 0.2) is 0 Å². The van der Waals surface area contributed by atoms with Gasteiger partial charge < -0.3 is 5.73 Å². The summed E-state index contributed by atoms with van der Waals surface area (Å²) in [4.78, 5) is 15.5. The Morgan fingerprint density at radius 2 is 2.14 bits per heavy atom. The van der Waals surface area contributed by atoms with Crippen LogP contribution in [0.15, 0.2) is 41.6 Å². The number of urea groups is 1. The molecule has 1 aliphatic rings. The summed E-state index contributed by atoms with van der Waals surface area (Å²) in [7, 11) is 0. The number of carbonyl (C=O) groups is 1. The lowest BCUT2D eigenvalue weighted by atomic mass is 9.83. The smallest absolute Gasteiger partial charge is 0.332 e. The second-order valence-electron chi connectivity index (χ2n) is 5.29. The minimum atomic E-state index is -0.627. The SMILES string of the molecule is NC(=O)N/N=C1/CCCC[C@H]1c1nccc2ccccc12. The Morgan fingerprint density at radius 3 is 3.00 bits per heavy atom. The molecule has 0 radical (unpaired) electrons. The molecule has 1 fully saturated rings. The maximum absolute atomic E-state index is 10.9. The van der Waals surface area contributed by atoms with Crippen LogP contribution < -0.4 is 11.2 Å². The fourth-order valence-electron chi connectivity index (χ4n) is 2.97. The topological polar surface area (TPSA) is 80.4 Å². The maximum Gasteiger partial charge on any atom is 0.332 e. The molecular weight excluding hydrogens is 264 g/mol. The number of aromatic nitrogens is 1. The highest BCUT2D eigenvalue weighted by Gasteiger charge is 2.25. The van der Waals surface area contributed by atoms with E-state index in [4.69, 9.17) is 5.73 Å². The Balaban J connectivity index is 2.02. The van der Waals surface area contributed by atoms with Crippen LogP contribution in [0.2, 0.25) is 0 Å². The normalized spacial score (nSPS) is 20.6. The first-order valence-corrected chi connectivity index (χ1v) is 7.21. The molecule has 21 heavy (non-hydrogen) atoms. The predicted octanol–water partition coefficient (Wildman–Crippen LogP) is 2.92. The highest BCUT2D eigenvalue weighted by atomic mass is 16.2. The summed E-state index contributed by atoms with van der Waals surface area (Å²) in [6.45, 7) is 0. The number of pyridine rings is 1. The van der Waals surface area contributed by atoms with Crippen LogP contribution in [0.25, 0.3) is 10.8 Å². The molecule has 2 amide bonds. The zero-order valence-electron chi connectivity index (χ0n) is 11.7.